The average molecular weight is 242 g/mol. The molecule has 0 bridgehead atoms. The fourth-order valence-electron chi connectivity index (χ4n) is 1.30. The van der Waals surface area contributed by atoms with Crippen LogP contribution in [0.2, 0.25) is 0 Å². The minimum absolute atomic E-state index is 0.152. The van der Waals surface area contributed by atoms with E-state index in [-0.39, 0.29) is 19.6 Å². The predicted molar refractivity (Wildman–Crippen MR) is 62.1 cm³/mol. The van der Waals surface area contributed by atoms with E-state index in [2.05, 4.69) is 0 Å². The predicted octanol–water partition coefficient (Wildman–Crippen LogP) is -0.186. The third-order valence-electron chi connectivity index (χ3n) is 2.07. The molecule has 1 unspecified atom stereocenters. The quantitative estimate of drug-likeness (QED) is 0.436. The van der Waals surface area contributed by atoms with Crippen molar-refractivity contribution in [1.29, 1.82) is 0 Å². The van der Waals surface area contributed by atoms with Crippen LogP contribution in [0.4, 0.5) is 0 Å². The molecule has 0 aliphatic heterocycles. The van der Waals surface area contributed by atoms with Gasteiger partial charge in [-0.3, -0.25) is 4.79 Å². The first-order chi connectivity index (χ1) is 7.97. The lowest BCUT2D eigenvalue weighted by atomic mass is 10.1. The highest BCUT2D eigenvalue weighted by atomic mass is 16.5. The Morgan fingerprint density at radius 2 is 2.00 bits per heavy atom. The third-order valence-corrected chi connectivity index (χ3v) is 2.07. The molecule has 0 spiro atoms. The molecule has 0 aromatic rings. The number of rotatable bonds is 8. The van der Waals surface area contributed by atoms with Gasteiger partial charge in [0, 0.05) is 18.4 Å². The standard InChI is InChI=1S/C12H21NO4/c1-4-5-6-7-17-11(14)8-10(12(15)16)9-13(2)3/h5-6,10H,4,7-9H2,1-3H3,(H,15,16)/p-1/b6-5+. The van der Waals surface area contributed by atoms with Crippen LogP contribution in [0.15, 0.2) is 12.2 Å². The number of nitrogens with zero attached hydrogens (tertiary/aromatic N) is 1. The number of allylic oxidation sites excluding steroid dienone is 1. The van der Waals surface area contributed by atoms with Crippen LogP contribution in [0.1, 0.15) is 19.8 Å². The minimum Gasteiger partial charge on any atom is -0.550 e. The van der Waals surface area contributed by atoms with Gasteiger partial charge < -0.3 is 19.5 Å². The molecule has 0 aromatic heterocycles. The molecule has 0 aromatic carbocycles. The Hall–Kier alpha value is -1.36. The molecular formula is C12H20NO4-. The van der Waals surface area contributed by atoms with Crippen molar-refractivity contribution >= 4 is 11.9 Å². The highest BCUT2D eigenvalue weighted by Crippen LogP contribution is 2.05. The number of carboxylic acid groups (broad SMARTS) is 1. The molecule has 0 amide bonds. The summed E-state index contributed by atoms with van der Waals surface area (Å²) in [5.74, 6) is -2.56. The summed E-state index contributed by atoms with van der Waals surface area (Å²) in [6, 6.07) is 0. The van der Waals surface area contributed by atoms with Gasteiger partial charge in [-0.2, -0.15) is 0 Å². The van der Waals surface area contributed by atoms with Gasteiger partial charge in [0.05, 0.1) is 6.42 Å². The lowest BCUT2D eigenvalue weighted by molar-refractivity contribution is -0.312. The van der Waals surface area contributed by atoms with Crippen molar-refractivity contribution in [3.8, 4) is 0 Å². The van der Waals surface area contributed by atoms with E-state index in [1.807, 2.05) is 13.0 Å². The Labute approximate surface area is 102 Å². The first-order valence-electron chi connectivity index (χ1n) is 5.63. The first kappa shape index (κ1) is 15.6. The summed E-state index contributed by atoms with van der Waals surface area (Å²) >= 11 is 0. The molecule has 0 rings (SSSR count). The van der Waals surface area contributed by atoms with Gasteiger partial charge >= 0.3 is 5.97 Å². The van der Waals surface area contributed by atoms with E-state index in [4.69, 9.17) is 4.74 Å². The minimum atomic E-state index is -1.22. The number of carboxylic acids is 1. The van der Waals surface area contributed by atoms with E-state index in [1.165, 1.54) is 0 Å². The molecule has 0 saturated heterocycles. The van der Waals surface area contributed by atoms with Gasteiger partial charge in [-0.15, -0.1) is 0 Å². The van der Waals surface area contributed by atoms with Crippen LogP contribution in [0.5, 0.6) is 0 Å². The van der Waals surface area contributed by atoms with Crippen LogP contribution >= 0.6 is 0 Å². The van der Waals surface area contributed by atoms with Gasteiger partial charge in [-0.25, -0.2) is 0 Å². The molecule has 0 heterocycles. The zero-order chi connectivity index (χ0) is 13.3. The molecule has 0 aliphatic rings. The van der Waals surface area contributed by atoms with Gasteiger partial charge in [-0.05, 0) is 20.5 Å². The first-order valence-corrected chi connectivity index (χ1v) is 5.63. The van der Waals surface area contributed by atoms with Crippen LogP contribution in [0.3, 0.4) is 0 Å². The summed E-state index contributed by atoms with van der Waals surface area (Å²) in [7, 11) is 3.48. The van der Waals surface area contributed by atoms with Crippen molar-refractivity contribution in [1.82, 2.24) is 4.90 Å². The van der Waals surface area contributed by atoms with E-state index in [0.717, 1.165) is 6.42 Å². The number of ether oxygens (including phenoxy) is 1. The second kappa shape index (κ2) is 8.75. The molecular weight excluding hydrogens is 222 g/mol. The Kier molecular flexibility index (Phi) is 8.05. The number of aliphatic carboxylic acids is 1. The number of carbonyl (C=O) groups is 2. The highest BCUT2D eigenvalue weighted by molar-refractivity contribution is 5.77. The van der Waals surface area contributed by atoms with Crippen LogP contribution in [0.25, 0.3) is 0 Å². The number of hydrogen-bond acceptors (Lipinski definition) is 5. The Morgan fingerprint density at radius 3 is 2.47 bits per heavy atom. The van der Waals surface area contributed by atoms with E-state index in [1.54, 1.807) is 25.1 Å². The van der Waals surface area contributed by atoms with Gasteiger partial charge in [-0.1, -0.05) is 19.1 Å². The topological polar surface area (TPSA) is 69.7 Å². The van der Waals surface area contributed by atoms with Crippen molar-refractivity contribution in [3.63, 3.8) is 0 Å². The SMILES string of the molecule is CC/C=C/COC(=O)CC(CN(C)C)C(=O)[O-]. The zero-order valence-corrected chi connectivity index (χ0v) is 10.6. The van der Waals surface area contributed by atoms with Crippen LogP contribution in [-0.2, 0) is 14.3 Å². The van der Waals surface area contributed by atoms with Gasteiger partial charge in [0.1, 0.15) is 6.61 Å². The number of carbonyl (C=O) groups excluding carboxylic acids is 2. The summed E-state index contributed by atoms with van der Waals surface area (Å²) in [4.78, 5) is 23.8. The molecule has 0 aliphatic carbocycles. The van der Waals surface area contributed by atoms with Gasteiger partial charge in [0.25, 0.3) is 0 Å². The van der Waals surface area contributed by atoms with E-state index in [9.17, 15) is 14.7 Å². The zero-order valence-electron chi connectivity index (χ0n) is 10.6. The smallest absolute Gasteiger partial charge is 0.306 e. The molecule has 98 valence electrons. The Balaban J connectivity index is 4.04. The average Bonchev–Trinajstić information content (AvgIpc) is 2.22. The second-order valence-electron chi connectivity index (χ2n) is 4.04. The summed E-state index contributed by atoms with van der Waals surface area (Å²) in [6.45, 7) is 2.43. The lowest BCUT2D eigenvalue weighted by Crippen LogP contribution is -2.39. The highest BCUT2D eigenvalue weighted by Gasteiger charge is 2.16. The maximum absolute atomic E-state index is 11.3. The number of hydrogen-bond donors (Lipinski definition) is 0. The summed E-state index contributed by atoms with van der Waals surface area (Å²) in [5, 5.41) is 10.8. The van der Waals surface area contributed by atoms with E-state index in [0.29, 0.717) is 0 Å². The Morgan fingerprint density at radius 1 is 1.35 bits per heavy atom. The summed E-state index contributed by atoms with van der Waals surface area (Å²) in [5.41, 5.74) is 0. The molecule has 0 radical (unpaired) electrons. The fraction of sp³-hybridized carbons (Fsp3) is 0.667. The molecule has 5 nitrogen and oxygen atoms in total. The largest absolute Gasteiger partial charge is 0.550 e. The van der Waals surface area contributed by atoms with Crippen LogP contribution < -0.4 is 5.11 Å². The van der Waals surface area contributed by atoms with Crippen molar-refractivity contribution in [2.75, 3.05) is 27.2 Å². The van der Waals surface area contributed by atoms with Crippen molar-refractivity contribution in [2.24, 2.45) is 5.92 Å². The summed E-state index contributed by atoms with van der Waals surface area (Å²) < 4.78 is 4.87. The van der Waals surface area contributed by atoms with Crippen molar-refractivity contribution in [3.05, 3.63) is 12.2 Å². The molecule has 5 heteroatoms. The van der Waals surface area contributed by atoms with Gasteiger partial charge in [0.2, 0.25) is 0 Å². The summed E-state index contributed by atoms with van der Waals surface area (Å²) in [6.07, 6.45) is 4.33. The van der Waals surface area contributed by atoms with Crippen LogP contribution in [-0.4, -0.2) is 44.1 Å². The monoisotopic (exact) mass is 242 g/mol. The second-order valence-corrected chi connectivity index (χ2v) is 4.04. The lowest BCUT2D eigenvalue weighted by Gasteiger charge is -2.20. The Bertz CT molecular complexity index is 274. The molecule has 0 N–H and O–H groups in total. The maximum atomic E-state index is 11.3. The molecule has 1 atom stereocenters. The van der Waals surface area contributed by atoms with Crippen molar-refractivity contribution in [2.45, 2.75) is 19.8 Å². The van der Waals surface area contributed by atoms with E-state index < -0.39 is 17.9 Å². The normalized spacial score (nSPS) is 12.9. The molecule has 17 heavy (non-hydrogen) atoms. The van der Waals surface area contributed by atoms with Gasteiger partial charge in [0.15, 0.2) is 0 Å². The number of esters is 1. The fourth-order valence-corrected chi connectivity index (χ4v) is 1.30. The molecule has 0 saturated carbocycles. The van der Waals surface area contributed by atoms with Crippen molar-refractivity contribution < 1.29 is 19.4 Å². The molecule has 0 fully saturated rings. The van der Waals surface area contributed by atoms with E-state index >= 15 is 0 Å². The maximum Gasteiger partial charge on any atom is 0.306 e. The third kappa shape index (κ3) is 8.45. The van der Waals surface area contributed by atoms with Crippen LogP contribution in [0, 0.1) is 5.92 Å².